The van der Waals surface area contributed by atoms with Crippen molar-refractivity contribution in [3.63, 3.8) is 0 Å². The molecule has 0 unspecified atom stereocenters. The van der Waals surface area contributed by atoms with Crippen molar-refractivity contribution in [2.75, 3.05) is 13.1 Å². The highest BCUT2D eigenvalue weighted by Crippen LogP contribution is 2.14. The van der Waals surface area contributed by atoms with Crippen LogP contribution in [0.3, 0.4) is 0 Å². The molecule has 2 aromatic heterocycles. The minimum absolute atomic E-state index is 0.461. The predicted octanol–water partition coefficient (Wildman–Crippen LogP) is 3.55. The second-order valence-corrected chi connectivity index (χ2v) is 6.21. The van der Waals surface area contributed by atoms with E-state index >= 15 is 0 Å². The summed E-state index contributed by atoms with van der Waals surface area (Å²) in [6, 6.07) is 17.7. The van der Waals surface area contributed by atoms with Gasteiger partial charge in [0.05, 0.1) is 18.5 Å². The normalized spacial score (nSPS) is 11.2. The van der Waals surface area contributed by atoms with E-state index in [1.807, 2.05) is 54.6 Å². The molecule has 3 aromatic rings. The van der Waals surface area contributed by atoms with Crippen molar-refractivity contribution in [1.82, 2.24) is 15.6 Å². The lowest BCUT2D eigenvalue weighted by Crippen LogP contribution is -2.38. The maximum atomic E-state index is 5.77. The number of ether oxygens (including phenoxy) is 1. The molecule has 2 N–H and O–H groups in total. The molecule has 0 saturated carbocycles. The quantitative estimate of drug-likeness (QED) is 0.440. The summed E-state index contributed by atoms with van der Waals surface area (Å²) >= 11 is 0. The van der Waals surface area contributed by atoms with Gasteiger partial charge in [-0.15, -0.1) is 0 Å². The molecule has 1 aromatic carbocycles. The number of hydrogen-bond acceptors (Lipinski definition) is 4. The number of nitrogens with zero attached hydrogens (tertiary/aromatic N) is 2. The fraction of sp³-hybridized carbons (Fsp3) is 0.273. The van der Waals surface area contributed by atoms with Gasteiger partial charge >= 0.3 is 0 Å². The van der Waals surface area contributed by atoms with Gasteiger partial charge in [-0.25, -0.2) is 4.99 Å². The van der Waals surface area contributed by atoms with Crippen molar-refractivity contribution < 1.29 is 9.15 Å². The van der Waals surface area contributed by atoms with Gasteiger partial charge in [-0.2, -0.15) is 0 Å². The molecule has 6 heteroatoms. The van der Waals surface area contributed by atoms with Gasteiger partial charge in [0.15, 0.2) is 5.96 Å². The van der Waals surface area contributed by atoms with Gasteiger partial charge in [-0.1, -0.05) is 18.2 Å². The third-order valence-electron chi connectivity index (χ3n) is 4.04. The van der Waals surface area contributed by atoms with Gasteiger partial charge in [0.25, 0.3) is 0 Å². The molecule has 28 heavy (non-hydrogen) atoms. The predicted molar refractivity (Wildman–Crippen MR) is 110 cm³/mol. The number of hydrogen-bond donors (Lipinski definition) is 2. The number of pyridine rings is 1. The van der Waals surface area contributed by atoms with E-state index in [0.717, 1.165) is 48.2 Å². The summed E-state index contributed by atoms with van der Waals surface area (Å²) in [5, 5.41) is 6.59. The van der Waals surface area contributed by atoms with Crippen LogP contribution < -0.4 is 15.4 Å². The van der Waals surface area contributed by atoms with Crippen LogP contribution in [0.2, 0.25) is 0 Å². The average molecular weight is 378 g/mol. The Bertz CT molecular complexity index is 831. The van der Waals surface area contributed by atoms with E-state index < -0.39 is 0 Å². The second-order valence-electron chi connectivity index (χ2n) is 6.21. The highest BCUT2D eigenvalue weighted by molar-refractivity contribution is 5.79. The Morgan fingerprint density at radius 1 is 1.07 bits per heavy atom. The van der Waals surface area contributed by atoms with Crippen molar-refractivity contribution in [2.45, 2.75) is 26.5 Å². The Morgan fingerprint density at radius 2 is 1.96 bits per heavy atom. The van der Waals surface area contributed by atoms with E-state index in [0.29, 0.717) is 13.2 Å². The van der Waals surface area contributed by atoms with Gasteiger partial charge in [-0.3, -0.25) is 4.98 Å². The maximum absolute atomic E-state index is 5.77. The van der Waals surface area contributed by atoms with Gasteiger partial charge in [0.1, 0.15) is 18.1 Å². The molecule has 146 valence electrons. The van der Waals surface area contributed by atoms with Crippen LogP contribution in [0.25, 0.3) is 0 Å². The van der Waals surface area contributed by atoms with Crippen molar-refractivity contribution in [2.24, 2.45) is 4.99 Å². The van der Waals surface area contributed by atoms with Crippen LogP contribution in [0.1, 0.15) is 23.9 Å². The Balaban J connectivity index is 1.47. The molecule has 3 rings (SSSR count). The molecule has 0 spiro atoms. The smallest absolute Gasteiger partial charge is 0.191 e. The fourth-order valence-corrected chi connectivity index (χ4v) is 2.60. The van der Waals surface area contributed by atoms with E-state index in [-0.39, 0.29) is 0 Å². The molecule has 0 radical (unpaired) electrons. The summed E-state index contributed by atoms with van der Waals surface area (Å²) < 4.78 is 11.1. The van der Waals surface area contributed by atoms with Crippen LogP contribution in [0.5, 0.6) is 5.75 Å². The Hall–Kier alpha value is -3.28. The molecular weight excluding hydrogens is 352 g/mol. The third-order valence-corrected chi connectivity index (χ3v) is 4.04. The largest absolute Gasteiger partial charge is 0.487 e. The van der Waals surface area contributed by atoms with E-state index in [2.05, 4.69) is 27.5 Å². The SMILES string of the molecule is CCNC(=NCc1ccc(OCc2ccccn2)cc1)NCCc1ccco1. The minimum Gasteiger partial charge on any atom is -0.487 e. The molecule has 0 fully saturated rings. The Morgan fingerprint density at radius 3 is 2.68 bits per heavy atom. The first kappa shape index (κ1) is 19.5. The lowest BCUT2D eigenvalue weighted by Gasteiger charge is -2.11. The monoisotopic (exact) mass is 378 g/mol. The number of rotatable bonds is 9. The first-order chi connectivity index (χ1) is 13.8. The van der Waals surface area contributed by atoms with Crippen molar-refractivity contribution >= 4 is 5.96 Å². The number of nitrogens with one attached hydrogen (secondary N) is 2. The van der Waals surface area contributed by atoms with Gasteiger partial charge in [0.2, 0.25) is 0 Å². The number of guanidine groups is 1. The topological polar surface area (TPSA) is 71.7 Å². The van der Waals surface area contributed by atoms with Crippen LogP contribution in [-0.2, 0) is 19.6 Å². The summed E-state index contributed by atoms with van der Waals surface area (Å²) in [5.41, 5.74) is 2.03. The minimum atomic E-state index is 0.461. The molecule has 2 heterocycles. The zero-order valence-corrected chi connectivity index (χ0v) is 16.1. The van der Waals surface area contributed by atoms with Crippen molar-refractivity contribution in [3.05, 3.63) is 84.1 Å². The molecule has 0 amide bonds. The molecule has 0 aliphatic carbocycles. The van der Waals surface area contributed by atoms with E-state index in [1.165, 1.54) is 0 Å². The molecule has 0 aliphatic heterocycles. The summed E-state index contributed by atoms with van der Waals surface area (Å²) in [7, 11) is 0. The number of aromatic nitrogens is 1. The highest BCUT2D eigenvalue weighted by atomic mass is 16.5. The summed E-state index contributed by atoms with van der Waals surface area (Å²) in [6.07, 6.45) is 4.28. The van der Waals surface area contributed by atoms with E-state index in [9.17, 15) is 0 Å². The average Bonchev–Trinajstić information content (AvgIpc) is 3.25. The fourth-order valence-electron chi connectivity index (χ4n) is 2.60. The van der Waals surface area contributed by atoms with E-state index in [4.69, 9.17) is 9.15 Å². The summed E-state index contributed by atoms with van der Waals surface area (Å²) in [6.45, 7) is 4.68. The highest BCUT2D eigenvalue weighted by Gasteiger charge is 2.01. The van der Waals surface area contributed by atoms with Crippen molar-refractivity contribution in [3.8, 4) is 5.75 Å². The molecule has 0 aliphatic rings. The first-order valence-corrected chi connectivity index (χ1v) is 9.49. The summed E-state index contributed by atoms with van der Waals surface area (Å²) in [5.74, 6) is 2.58. The molecule has 0 atom stereocenters. The van der Waals surface area contributed by atoms with Crippen LogP contribution >= 0.6 is 0 Å². The standard InChI is InChI=1S/C22H26N4O2/c1-2-23-22(25-14-12-20-7-5-15-27-20)26-16-18-8-10-21(11-9-18)28-17-19-6-3-4-13-24-19/h3-11,13,15H,2,12,14,16-17H2,1H3,(H2,23,25,26). The number of aliphatic imine (C=N–C) groups is 1. The molecule has 0 saturated heterocycles. The van der Waals surface area contributed by atoms with E-state index in [1.54, 1.807) is 12.5 Å². The second kappa shape index (κ2) is 10.8. The van der Waals surface area contributed by atoms with Gasteiger partial charge in [0, 0.05) is 25.7 Å². The van der Waals surface area contributed by atoms with Gasteiger partial charge in [-0.05, 0) is 48.9 Å². The van der Waals surface area contributed by atoms with Crippen molar-refractivity contribution in [1.29, 1.82) is 0 Å². The Kier molecular flexibility index (Phi) is 7.49. The van der Waals surface area contributed by atoms with Crippen LogP contribution in [0, 0.1) is 0 Å². The third kappa shape index (κ3) is 6.46. The summed E-state index contributed by atoms with van der Waals surface area (Å²) in [4.78, 5) is 8.89. The number of benzene rings is 1. The lowest BCUT2D eigenvalue weighted by atomic mass is 10.2. The molecule has 6 nitrogen and oxygen atoms in total. The van der Waals surface area contributed by atoms with Crippen LogP contribution in [0.4, 0.5) is 0 Å². The zero-order chi connectivity index (χ0) is 19.4. The molecular formula is C22H26N4O2. The number of furan rings is 1. The van der Waals surface area contributed by atoms with Crippen LogP contribution in [-0.4, -0.2) is 24.0 Å². The molecule has 0 bridgehead atoms. The van der Waals surface area contributed by atoms with Gasteiger partial charge < -0.3 is 19.8 Å². The first-order valence-electron chi connectivity index (χ1n) is 9.49. The lowest BCUT2D eigenvalue weighted by molar-refractivity contribution is 0.301. The van der Waals surface area contributed by atoms with Crippen LogP contribution in [0.15, 0.2) is 76.5 Å². The zero-order valence-electron chi connectivity index (χ0n) is 16.1. The maximum Gasteiger partial charge on any atom is 0.191 e. The Labute approximate surface area is 165 Å².